The van der Waals surface area contributed by atoms with Gasteiger partial charge in [-0.25, -0.2) is 13.6 Å². The number of aromatic nitrogens is 1. The first-order valence-corrected chi connectivity index (χ1v) is 5.82. The zero-order chi connectivity index (χ0) is 14.5. The van der Waals surface area contributed by atoms with E-state index in [1.807, 2.05) is 0 Å². The van der Waals surface area contributed by atoms with Crippen LogP contribution in [0.4, 0.5) is 8.78 Å². The zero-order valence-corrected chi connectivity index (χ0v) is 10.3. The first-order chi connectivity index (χ1) is 9.58. The maximum Gasteiger partial charge on any atom is 0.335 e. The number of pyridine rings is 1. The molecule has 1 aromatic carbocycles. The van der Waals surface area contributed by atoms with E-state index in [1.54, 1.807) is 24.5 Å². The van der Waals surface area contributed by atoms with Gasteiger partial charge in [-0.1, -0.05) is 0 Å². The number of halogens is 2. The molecular weight excluding hydrogens is 268 g/mol. The minimum atomic E-state index is -1.40. The Hall–Kier alpha value is -2.50. The molecular formula is C14H11F2NO3. The second-order valence-corrected chi connectivity index (χ2v) is 4.03. The Morgan fingerprint density at radius 1 is 1.20 bits per heavy atom. The Balaban J connectivity index is 2.05. The van der Waals surface area contributed by atoms with Gasteiger partial charge < -0.3 is 9.84 Å². The Kier molecular flexibility index (Phi) is 4.24. The molecule has 20 heavy (non-hydrogen) atoms. The maximum atomic E-state index is 13.6. The van der Waals surface area contributed by atoms with Crippen LogP contribution in [0.5, 0.6) is 5.75 Å². The molecule has 0 aliphatic heterocycles. The summed E-state index contributed by atoms with van der Waals surface area (Å²) in [5, 5.41) is 8.67. The minimum absolute atomic E-state index is 0.0737. The number of carboxylic acids is 1. The quantitative estimate of drug-likeness (QED) is 0.914. The fourth-order valence-corrected chi connectivity index (χ4v) is 1.64. The van der Waals surface area contributed by atoms with Crippen molar-refractivity contribution in [2.24, 2.45) is 0 Å². The summed E-state index contributed by atoms with van der Waals surface area (Å²) in [6, 6.07) is 4.99. The van der Waals surface area contributed by atoms with Gasteiger partial charge in [-0.2, -0.15) is 0 Å². The number of benzene rings is 1. The molecule has 0 spiro atoms. The molecule has 1 N–H and O–H groups in total. The highest BCUT2D eigenvalue weighted by atomic mass is 19.1. The molecule has 2 rings (SSSR count). The van der Waals surface area contributed by atoms with E-state index in [-0.39, 0.29) is 6.61 Å². The van der Waals surface area contributed by atoms with Gasteiger partial charge in [-0.05, 0) is 29.8 Å². The van der Waals surface area contributed by atoms with E-state index in [4.69, 9.17) is 9.84 Å². The molecule has 0 saturated carbocycles. The van der Waals surface area contributed by atoms with Gasteiger partial charge in [0.15, 0.2) is 17.4 Å². The Labute approximate surface area is 113 Å². The van der Waals surface area contributed by atoms with Gasteiger partial charge in [0, 0.05) is 18.8 Å². The number of ether oxygens (including phenoxy) is 1. The molecule has 1 aromatic heterocycles. The number of carboxylic acid groups (broad SMARTS) is 1. The third-order valence-corrected chi connectivity index (χ3v) is 2.63. The molecule has 0 fully saturated rings. The van der Waals surface area contributed by atoms with E-state index >= 15 is 0 Å². The van der Waals surface area contributed by atoms with Crippen molar-refractivity contribution in [3.8, 4) is 5.75 Å². The average Bonchev–Trinajstić information content (AvgIpc) is 2.42. The van der Waals surface area contributed by atoms with Crippen molar-refractivity contribution in [1.29, 1.82) is 0 Å². The molecule has 0 unspecified atom stereocenters. The first kappa shape index (κ1) is 13.9. The van der Waals surface area contributed by atoms with Gasteiger partial charge >= 0.3 is 5.97 Å². The zero-order valence-electron chi connectivity index (χ0n) is 10.3. The van der Waals surface area contributed by atoms with Crippen LogP contribution < -0.4 is 4.74 Å². The second-order valence-electron chi connectivity index (χ2n) is 4.03. The van der Waals surface area contributed by atoms with Crippen molar-refractivity contribution >= 4 is 5.97 Å². The first-order valence-electron chi connectivity index (χ1n) is 5.82. The number of nitrogens with zero attached hydrogens (tertiary/aromatic N) is 1. The molecule has 0 atom stereocenters. The van der Waals surface area contributed by atoms with Crippen LogP contribution in [0.1, 0.15) is 15.9 Å². The molecule has 104 valence electrons. The number of rotatable bonds is 5. The number of hydrogen-bond donors (Lipinski definition) is 1. The van der Waals surface area contributed by atoms with Gasteiger partial charge in [0.25, 0.3) is 0 Å². The highest BCUT2D eigenvalue weighted by molar-refractivity contribution is 5.87. The van der Waals surface area contributed by atoms with Gasteiger partial charge in [-0.15, -0.1) is 0 Å². The lowest BCUT2D eigenvalue weighted by atomic mass is 10.2. The van der Waals surface area contributed by atoms with Crippen LogP contribution in [0, 0.1) is 11.6 Å². The monoisotopic (exact) mass is 279 g/mol. The predicted molar refractivity (Wildman–Crippen MR) is 66.8 cm³/mol. The second kappa shape index (κ2) is 6.10. The maximum absolute atomic E-state index is 13.6. The van der Waals surface area contributed by atoms with Gasteiger partial charge in [0.2, 0.25) is 0 Å². The van der Waals surface area contributed by atoms with Crippen LogP contribution in [0.25, 0.3) is 0 Å². The summed E-state index contributed by atoms with van der Waals surface area (Å²) in [6.45, 7) is 0.0737. The lowest BCUT2D eigenvalue weighted by molar-refractivity contribution is 0.0695. The van der Waals surface area contributed by atoms with Crippen molar-refractivity contribution in [1.82, 2.24) is 4.98 Å². The highest BCUT2D eigenvalue weighted by Crippen LogP contribution is 2.23. The third-order valence-electron chi connectivity index (χ3n) is 2.63. The molecule has 0 saturated heterocycles. The molecule has 4 nitrogen and oxygen atoms in total. The average molecular weight is 279 g/mol. The predicted octanol–water partition coefficient (Wildman–Crippen LogP) is 2.68. The summed E-state index contributed by atoms with van der Waals surface area (Å²) in [5.41, 5.74) is 0.462. The Morgan fingerprint density at radius 2 is 1.80 bits per heavy atom. The SMILES string of the molecule is O=C(O)c1cc(F)c(OCCc2ccncc2)c(F)c1. The molecule has 0 aliphatic carbocycles. The standard InChI is InChI=1S/C14H11F2NO3/c15-11-7-10(14(18)19)8-12(16)13(11)20-6-3-9-1-4-17-5-2-9/h1-2,4-5,7-8H,3,6H2,(H,18,19). The van der Waals surface area contributed by atoms with Gasteiger partial charge in [0.1, 0.15) is 0 Å². The Bertz CT molecular complexity index is 594. The summed E-state index contributed by atoms with van der Waals surface area (Å²) in [5.74, 6) is -4.02. The fraction of sp³-hybridized carbons (Fsp3) is 0.143. The van der Waals surface area contributed by atoms with Gasteiger partial charge in [-0.3, -0.25) is 4.98 Å². The minimum Gasteiger partial charge on any atom is -0.487 e. The van der Waals surface area contributed by atoms with E-state index in [9.17, 15) is 13.6 Å². The van der Waals surface area contributed by atoms with E-state index in [2.05, 4.69) is 4.98 Å². The molecule has 0 amide bonds. The number of aromatic carboxylic acids is 1. The lowest BCUT2D eigenvalue weighted by Crippen LogP contribution is -2.06. The topological polar surface area (TPSA) is 59.4 Å². The van der Waals surface area contributed by atoms with Crippen LogP contribution in [0.2, 0.25) is 0 Å². The van der Waals surface area contributed by atoms with E-state index in [1.165, 1.54) is 0 Å². The number of hydrogen-bond acceptors (Lipinski definition) is 3. The fourth-order valence-electron chi connectivity index (χ4n) is 1.64. The normalized spacial score (nSPS) is 10.3. The van der Waals surface area contributed by atoms with Crippen LogP contribution in [0.15, 0.2) is 36.7 Å². The van der Waals surface area contributed by atoms with Crippen LogP contribution in [-0.2, 0) is 6.42 Å². The third kappa shape index (κ3) is 3.28. The molecule has 0 bridgehead atoms. The Morgan fingerprint density at radius 3 is 2.35 bits per heavy atom. The molecule has 0 radical (unpaired) electrons. The van der Waals surface area contributed by atoms with Crippen molar-refractivity contribution in [2.75, 3.05) is 6.61 Å². The largest absolute Gasteiger partial charge is 0.487 e. The van der Waals surface area contributed by atoms with Crippen LogP contribution in [0.3, 0.4) is 0 Å². The smallest absolute Gasteiger partial charge is 0.335 e. The summed E-state index contributed by atoms with van der Waals surface area (Å²) in [4.78, 5) is 14.5. The summed E-state index contributed by atoms with van der Waals surface area (Å²) >= 11 is 0. The summed E-state index contributed by atoms with van der Waals surface area (Å²) < 4.78 is 32.2. The molecule has 0 aliphatic rings. The highest BCUT2D eigenvalue weighted by Gasteiger charge is 2.15. The van der Waals surface area contributed by atoms with Crippen LogP contribution in [-0.4, -0.2) is 22.7 Å². The summed E-state index contributed by atoms with van der Waals surface area (Å²) in [6.07, 6.45) is 3.68. The molecule has 6 heteroatoms. The van der Waals surface area contributed by atoms with E-state index in [0.717, 1.165) is 17.7 Å². The van der Waals surface area contributed by atoms with Crippen LogP contribution >= 0.6 is 0 Å². The molecule has 2 aromatic rings. The van der Waals surface area contributed by atoms with Crippen molar-refractivity contribution in [2.45, 2.75) is 6.42 Å². The molecule has 1 heterocycles. The van der Waals surface area contributed by atoms with E-state index in [0.29, 0.717) is 6.42 Å². The van der Waals surface area contributed by atoms with Crippen molar-refractivity contribution in [3.63, 3.8) is 0 Å². The van der Waals surface area contributed by atoms with Crippen molar-refractivity contribution < 1.29 is 23.4 Å². The lowest BCUT2D eigenvalue weighted by Gasteiger charge is -2.09. The van der Waals surface area contributed by atoms with E-state index < -0.39 is 28.9 Å². The summed E-state index contributed by atoms with van der Waals surface area (Å²) in [7, 11) is 0. The number of carbonyl (C=O) groups is 1. The van der Waals surface area contributed by atoms with Gasteiger partial charge in [0.05, 0.1) is 12.2 Å². The van der Waals surface area contributed by atoms with Crippen molar-refractivity contribution in [3.05, 3.63) is 59.4 Å².